The van der Waals surface area contributed by atoms with E-state index >= 15 is 0 Å². The Morgan fingerprint density at radius 2 is 2.00 bits per heavy atom. The first kappa shape index (κ1) is 8.82. The van der Waals surface area contributed by atoms with Crippen LogP contribution in [0.5, 0.6) is 0 Å². The highest BCUT2D eigenvalue weighted by Gasteiger charge is 2.29. The van der Waals surface area contributed by atoms with Crippen LogP contribution in [0.4, 0.5) is 13.2 Å². The second-order valence-corrected chi connectivity index (χ2v) is 1.85. The normalized spacial score (nSPS) is 14.1. The zero-order valence-electron chi connectivity index (χ0n) is 4.80. The number of halogens is 4. The molecule has 0 amide bonds. The Balaban J connectivity index is 4.03. The van der Waals surface area contributed by atoms with E-state index in [0.29, 0.717) is 0 Å². The van der Waals surface area contributed by atoms with Crippen LogP contribution in [0.2, 0.25) is 0 Å². The molecule has 4 heteroatoms. The van der Waals surface area contributed by atoms with Gasteiger partial charge in [-0.15, -0.1) is 11.6 Å². The number of hydrogen-bond donors (Lipinski definition) is 0. The highest BCUT2D eigenvalue weighted by molar-refractivity contribution is 6.18. The van der Waals surface area contributed by atoms with E-state index in [-0.39, 0.29) is 5.88 Å². The van der Waals surface area contributed by atoms with Gasteiger partial charge in [0.15, 0.2) is 0 Å². The van der Waals surface area contributed by atoms with E-state index in [1.165, 1.54) is 0 Å². The van der Waals surface area contributed by atoms with Crippen molar-refractivity contribution in [2.24, 2.45) is 0 Å². The van der Waals surface area contributed by atoms with Gasteiger partial charge in [0.1, 0.15) is 0 Å². The van der Waals surface area contributed by atoms with Gasteiger partial charge in [-0.2, -0.15) is 13.2 Å². The standard InChI is InChI=1S/C5H6ClF3/c1-4(2-3-6)5(7,8)9/h2H,3H2,1H3/b4-2-. The summed E-state index contributed by atoms with van der Waals surface area (Å²) in [7, 11) is 0. The molecule has 0 bridgehead atoms. The van der Waals surface area contributed by atoms with Crippen molar-refractivity contribution in [3.8, 4) is 0 Å². The Labute approximate surface area is 56.3 Å². The zero-order valence-corrected chi connectivity index (χ0v) is 5.55. The maximum absolute atomic E-state index is 11.5. The number of rotatable bonds is 1. The second kappa shape index (κ2) is 3.11. The van der Waals surface area contributed by atoms with Crippen LogP contribution in [0, 0.1) is 0 Å². The van der Waals surface area contributed by atoms with E-state index in [0.717, 1.165) is 13.0 Å². The van der Waals surface area contributed by atoms with Crippen molar-refractivity contribution < 1.29 is 13.2 Å². The van der Waals surface area contributed by atoms with Gasteiger partial charge in [0, 0.05) is 11.5 Å². The first-order chi connectivity index (χ1) is 3.98. The average molecular weight is 159 g/mol. The molecule has 0 aliphatic carbocycles. The highest BCUT2D eigenvalue weighted by atomic mass is 35.5. The minimum absolute atomic E-state index is 0.0919. The zero-order chi connectivity index (χ0) is 7.49. The lowest BCUT2D eigenvalue weighted by atomic mass is 10.3. The molecule has 54 valence electrons. The molecular formula is C5H6ClF3. The van der Waals surface area contributed by atoms with Gasteiger partial charge >= 0.3 is 6.18 Å². The van der Waals surface area contributed by atoms with Gasteiger partial charge in [-0.05, 0) is 6.92 Å². The first-order valence-electron chi connectivity index (χ1n) is 2.28. The lowest BCUT2D eigenvalue weighted by molar-refractivity contribution is -0.0914. The Hall–Kier alpha value is -0.180. The van der Waals surface area contributed by atoms with Gasteiger partial charge in [0.25, 0.3) is 0 Å². The molecule has 0 radical (unpaired) electrons. The maximum Gasteiger partial charge on any atom is 0.412 e. The number of alkyl halides is 4. The smallest absolute Gasteiger partial charge is 0.167 e. The van der Waals surface area contributed by atoms with Crippen LogP contribution < -0.4 is 0 Å². The highest BCUT2D eigenvalue weighted by Crippen LogP contribution is 2.24. The van der Waals surface area contributed by atoms with E-state index in [9.17, 15) is 13.2 Å². The minimum Gasteiger partial charge on any atom is -0.167 e. The van der Waals surface area contributed by atoms with Crippen molar-refractivity contribution >= 4 is 11.6 Å². The van der Waals surface area contributed by atoms with Gasteiger partial charge in [0.2, 0.25) is 0 Å². The van der Waals surface area contributed by atoms with Gasteiger partial charge in [-0.3, -0.25) is 0 Å². The molecular weight excluding hydrogens is 153 g/mol. The summed E-state index contributed by atoms with van der Waals surface area (Å²) < 4.78 is 34.5. The van der Waals surface area contributed by atoms with Crippen molar-refractivity contribution in [2.75, 3.05) is 5.88 Å². The summed E-state index contributed by atoms with van der Waals surface area (Å²) in [6.07, 6.45) is -3.28. The molecule has 0 spiro atoms. The van der Waals surface area contributed by atoms with Crippen molar-refractivity contribution in [1.29, 1.82) is 0 Å². The van der Waals surface area contributed by atoms with Crippen LogP contribution in [-0.4, -0.2) is 12.1 Å². The lowest BCUT2D eigenvalue weighted by Gasteiger charge is -2.03. The van der Waals surface area contributed by atoms with E-state index in [4.69, 9.17) is 11.6 Å². The molecule has 0 unspecified atom stereocenters. The van der Waals surface area contributed by atoms with Crippen molar-refractivity contribution in [3.05, 3.63) is 11.6 Å². The molecule has 0 rings (SSSR count). The predicted molar refractivity (Wildman–Crippen MR) is 30.5 cm³/mol. The summed E-state index contributed by atoms with van der Waals surface area (Å²) in [5, 5.41) is 0. The number of hydrogen-bond acceptors (Lipinski definition) is 0. The van der Waals surface area contributed by atoms with Crippen LogP contribution in [-0.2, 0) is 0 Å². The largest absolute Gasteiger partial charge is 0.412 e. The fourth-order valence-electron chi connectivity index (χ4n) is 0.231. The fourth-order valence-corrected chi connectivity index (χ4v) is 0.463. The van der Waals surface area contributed by atoms with Gasteiger partial charge in [0.05, 0.1) is 0 Å². The third-order valence-electron chi connectivity index (χ3n) is 0.830. The number of allylic oxidation sites excluding steroid dienone is 2. The summed E-state index contributed by atoms with van der Waals surface area (Å²) in [5.74, 6) is -0.0919. The average Bonchev–Trinajstić information content (AvgIpc) is 1.64. The summed E-state index contributed by atoms with van der Waals surface area (Å²) in [4.78, 5) is 0. The van der Waals surface area contributed by atoms with Crippen LogP contribution >= 0.6 is 11.6 Å². The Morgan fingerprint density at radius 3 is 2.11 bits per heavy atom. The van der Waals surface area contributed by atoms with Gasteiger partial charge < -0.3 is 0 Å². The summed E-state index contributed by atoms with van der Waals surface area (Å²) >= 11 is 5.03. The lowest BCUT2D eigenvalue weighted by Crippen LogP contribution is -2.08. The van der Waals surface area contributed by atoms with Crippen LogP contribution in [0.3, 0.4) is 0 Å². The Kier molecular flexibility index (Phi) is 3.04. The topological polar surface area (TPSA) is 0 Å². The molecule has 0 aromatic heterocycles. The monoisotopic (exact) mass is 158 g/mol. The molecule has 0 aliphatic rings. The third-order valence-corrected chi connectivity index (χ3v) is 0.985. The van der Waals surface area contributed by atoms with Crippen LogP contribution in [0.1, 0.15) is 6.92 Å². The van der Waals surface area contributed by atoms with E-state index in [2.05, 4.69) is 0 Å². The summed E-state index contributed by atoms with van der Waals surface area (Å²) in [5.41, 5.74) is -0.641. The summed E-state index contributed by atoms with van der Waals surface area (Å²) in [6, 6.07) is 0. The molecule has 0 heterocycles. The second-order valence-electron chi connectivity index (χ2n) is 1.54. The van der Waals surface area contributed by atoms with Crippen LogP contribution in [0.15, 0.2) is 11.6 Å². The molecule has 0 aliphatic heterocycles. The van der Waals surface area contributed by atoms with E-state index < -0.39 is 11.7 Å². The molecule has 9 heavy (non-hydrogen) atoms. The first-order valence-corrected chi connectivity index (χ1v) is 2.82. The van der Waals surface area contributed by atoms with E-state index in [1.807, 2.05) is 0 Å². The fraction of sp³-hybridized carbons (Fsp3) is 0.600. The molecule has 0 aromatic rings. The van der Waals surface area contributed by atoms with Crippen molar-refractivity contribution in [3.63, 3.8) is 0 Å². The molecule has 0 saturated carbocycles. The predicted octanol–water partition coefficient (Wildman–Crippen LogP) is 2.73. The molecule has 0 nitrogen and oxygen atoms in total. The molecule has 0 fully saturated rings. The maximum atomic E-state index is 11.5. The quantitative estimate of drug-likeness (QED) is 0.407. The van der Waals surface area contributed by atoms with E-state index in [1.54, 1.807) is 0 Å². The minimum atomic E-state index is -4.21. The Bertz CT molecular complexity index is 114. The summed E-state index contributed by atoms with van der Waals surface area (Å²) in [6.45, 7) is 0.988. The van der Waals surface area contributed by atoms with Gasteiger partial charge in [-0.25, -0.2) is 0 Å². The molecule has 0 aromatic carbocycles. The third kappa shape index (κ3) is 3.40. The molecule has 0 saturated heterocycles. The van der Waals surface area contributed by atoms with Crippen molar-refractivity contribution in [2.45, 2.75) is 13.1 Å². The Morgan fingerprint density at radius 1 is 1.56 bits per heavy atom. The van der Waals surface area contributed by atoms with Crippen molar-refractivity contribution in [1.82, 2.24) is 0 Å². The van der Waals surface area contributed by atoms with Gasteiger partial charge in [-0.1, -0.05) is 6.08 Å². The SMILES string of the molecule is C/C(=C/CCl)C(F)(F)F. The molecule has 0 N–H and O–H groups in total. The molecule has 0 atom stereocenters. The van der Waals surface area contributed by atoms with Crippen LogP contribution in [0.25, 0.3) is 0 Å².